The van der Waals surface area contributed by atoms with E-state index in [1.807, 2.05) is 0 Å². The van der Waals surface area contributed by atoms with Crippen molar-refractivity contribution < 1.29 is 9.21 Å². The van der Waals surface area contributed by atoms with E-state index in [2.05, 4.69) is 10.7 Å². The molecule has 0 atom stereocenters. The molecular formula is C7H8NO2. The van der Waals surface area contributed by atoms with Crippen molar-refractivity contribution >= 4 is 5.91 Å². The summed E-state index contributed by atoms with van der Waals surface area (Å²) in [4.78, 5) is 12.5. The summed E-state index contributed by atoms with van der Waals surface area (Å²) in [6.45, 7) is 0. The van der Waals surface area contributed by atoms with Crippen molar-refractivity contribution in [2.75, 3.05) is 14.1 Å². The Balaban J connectivity index is 2.78. The molecule has 0 bridgehead atoms. The van der Waals surface area contributed by atoms with E-state index in [0.29, 0.717) is 5.56 Å². The Hall–Kier alpha value is -1.25. The Morgan fingerprint density at radius 2 is 2.40 bits per heavy atom. The van der Waals surface area contributed by atoms with Gasteiger partial charge in [-0.2, -0.15) is 0 Å². The van der Waals surface area contributed by atoms with Gasteiger partial charge in [0.2, 0.25) is 0 Å². The Morgan fingerprint density at radius 3 is 2.80 bits per heavy atom. The van der Waals surface area contributed by atoms with Crippen LogP contribution < -0.4 is 0 Å². The van der Waals surface area contributed by atoms with Crippen LogP contribution in [0, 0.1) is 6.26 Å². The van der Waals surface area contributed by atoms with E-state index >= 15 is 0 Å². The first-order chi connectivity index (χ1) is 4.72. The molecule has 1 amide bonds. The summed E-state index contributed by atoms with van der Waals surface area (Å²) in [7, 11) is 3.37. The van der Waals surface area contributed by atoms with Crippen LogP contribution in [-0.4, -0.2) is 24.9 Å². The Kier molecular flexibility index (Phi) is 1.76. The normalized spacial score (nSPS) is 9.40. The number of hydrogen-bond acceptors (Lipinski definition) is 2. The van der Waals surface area contributed by atoms with Gasteiger partial charge < -0.3 is 9.32 Å². The van der Waals surface area contributed by atoms with Crippen molar-refractivity contribution in [2.24, 2.45) is 0 Å². The summed E-state index contributed by atoms with van der Waals surface area (Å²) in [6, 6.07) is 1.59. The zero-order chi connectivity index (χ0) is 7.56. The van der Waals surface area contributed by atoms with E-state index in [1.165, 1.54) is 11.2 Å². The Morgan fingerprint density at radius 1 is 1.70 bits per heavy atom. The number of carbonyl (C=O) groups is 1. The second-order valence-corrected chi connectivity index (χ2v) is 2.14. The molecule has 0 spiro atoms. The molecule has 10 heavy (non-hydrogen) atoms. The summed E-state index contributed by atoms with van der Waals surface area (Å²) < 4.78 is 4.61. The van der Waals surface area contributed by atoms with Gasteiger partial charge in [-0.15, -0.1) is 0 Å². The first-order valence-corrected chi connectivity index (χ1v) is 2.88. The molecule has 0 saturated heterocycles. The Bertz CT molecular complexity index is 214. The third kappa shape index (κ3) is 1.18. The lowest BCUT2D eigenvalue weighted by Crippen LogP contribution is -2.20. The lowest BCUT2D eigenvalue weighted by atomic mass is 10.3. The highest BCUT2D eigenvalue weighted by atomic mass is 16.3. The van der Waals surface area contributed by atoms with Crippen LogP contribution in [0.15, 0.2) is 16.7 Å². The third-order valence-electron chi connectivity index (χ3n) is 1.11. The van der Waals surface area contributed by atoms with Gasteiger partial charge in [0.05, 0.1) is 11.8 Å². The van der Waals surface area contributed by atoms with Gasteiger partial charge >= 0.3 is 0 Å². The quantitative estimate of drug-likeness (QED) is 0.574. The van der Waals surface area contributed by atoms with E-state index in [0.717, 1.165) is 0 Å². The largest absolute Gasteiger partial charge is 0.460 e. The van der Waals surface area contributed by atoms with E-state index < -0.39 is 0 Å². The van der Waals surface area contributed by atoms with Gasteiger partial charge in [-0.3, -0.25) is 4.79 Å². The third-order valence-corrected chi connectivity index (χ3v) is 1.11. The summed E-state index contributed by atoms with van der Waals surface area (Å²) >= 11 is 0. The van der Waals surface area contributed by atoms with Gasteiger partial charge in [0, 0.05) is 14.1 Å². The minimum atomic E-state index is -0.0891. The summed E-state index contributed by atoms with van der Waals surface area (Å²) in [5, 5.41) is 0. The maximum atomic E-state index is 11.0. The molecule has 1 radical (unpaired) electrons. The number of furan rings is 1. The molecule has 1 aromatic heterocycles. The van der Waals surface area contributed by atoms with Gasteiger partial charge in [0.25, 0.3) is 5.91 Å². The predicted octanol–water partition coefficient (Wildman–Crippen LogP) is 0.782. The van der Waals surface area contributed by atoms with E-state index in [-0.39, 0.29) is 5.91 Å². The highest BCUT2D eigenvalue weighted by Gasteiger charge is 2.08. The van der Waals surface area contributed by atoms with Crippen molar-refractivity contribution in [2.45, 2.75) is 0 Å². The monoisotopic (exact) mass is 138 g/mol. The van der Waals surface area contributed by atoms with Crippen molar-refractivity contribution in [3.05, 3.63) is 24.2 Å². The van der Waals surface area contributed by atoms with Crippen molar-refractivity contribution in [3.63, 3.8) is 0 Å². The standard InChI is InChI=1S/C7H8NO2/c1-8(2)7(9)6-3-4-10-5-6/h3-4H,1-2H3. The molecule has 0 aromatic carbocycles. The zero-order valence-electron chi connectivity index (χ0n) is 5.92. The van der Waals surface area contributed by atoms with Crippen LogP contribution in [0.1, 0.15) is 10.4 Å². The van der Waals surface area contributed by atoms with Crippen molar-refractivity contribution in [3.8, 4) is 0 Å². The summed E-state index contributed by atoms with van der Waals surface area (Å²) in [5.41, 5.74) is 0.463. The van der Waals surface area contributed by atoms with Crippen LogP contribution >= 0.6 is 0 Å². The van der Waals surface area contributed by atoms with Gasteiger partial charge in [0.1, 0.15) is 0 Å². The minimum absolute atomic E-state index is 0.0891. The summed E-state index contributed by atoms with van der Waals surface area (Å²) in [6.07, 6.45) is 3.88. The number of carbonyl (C=O) groups excluding carboxylic acids is 1. The highest BCUT2D eigenvalue weighted by Crippen LogP contribution is 2.00. The number of nitrogens with zero attached hydrogens (tertiary/aromatic N) is 1. The molecule has 3 heteroatoms. The van der Waals surface area contributed by atoms with E-state index in [9.17, 15) is 4.79 Å². The molecule has 3 nitrogen and oxygen atoms in total. The maximum absolute atomic E-state index is 11.0. The lowest BCUT2D eigenvalue weighted by molar-refractivity contribution is 0.0826. The fourth-order valence-corrected chi connectivity index (χ4v) is 0.589. The van der Waals surface area contributed by atoms with Gasteiger partial charge in [0.15, 0.2) is 6.26 Å². The second-order valence-electron chi connectivity index (χ2n) is 2.14. The van der Waals surface area contributed by atoms with Crippen LogP contribution in [0.3, 0.4) is 0 Å². The molecule has 0 aliphatic rings. The van der Waals surface area contributed by atoms with Crippen LogP contribution in [0.2, 0.25) is 0 Å². The molecule has 0 saturated carbocycles. The number of rotatable bonds is 1. The molecular weight excluding hydrogens is 130 g/mol. The number of amides is 1. The van der Waals surface area contributed by atoms with Gasteiger partial charge in [-0.05, 0) is 6.07 Å². The highest BCUT2D eigenvalue weighted by molar-refractivity contribution is 5.93. The SMILES string of the molecule is CN(C)C(=O)c1[c]occ1. The van der Waals surface area contributed by atoms with Crippen LogP contribution in [0.4, 0.5) is 0 Å². The van der Waals surface area contributed by atoms with Crippen molar-refractivity contribution in [1.82, 2.24) is 4.90 Å². The molecule has 0 N–H and O–H groups in total. The van der Waals surface area contributed by atoms with Crippen LogP contribution in [-0.2, 0) is 0 Å². The molecule has 0 unspecified atom stereocenters. The molecule has 0 aliphatic heterocycles. The minimum Gasteiger partial charge on any atom is -0.460 e. The fraction of sp³-hybridized carbons (Fsp3) is 0.286. The molecule has 53 valence electrons. The number of hydrogen-bond donors (Lipinski definition) is 0. The zero-order valence-corrected chi connectivity index (χ0v) is 5.92. The molecule has 1 heterocycles. The van der Waals surface area contributed by atoms with Crippen LogP contribution in [0.5, 0.6) is 0 Å². The first-order valence-electron chi connectivity index (χ1n) is 2.88. The maximum Gasteiger partial charge on any atom is 0.257 e. The fourth-order valence-electron chi connectivity index (χ4n) is 0.589. The van der Waals surface area contributed by atoms with Crippen LogP contribution in [0.25, 0.3) is 0 Å². The molecule has 0 fully saturated rings. The van der Waals surface area contributed by atoms with Gasteiger partial charge in [-0.25, -0.2) is 0 Å². The predicted molar refractivity (Wildman–Crippen MR) is 35.6 cm³/mol. The second kappa shape index (κ2) is 2.56. The average Bonchev–Trinajstić information content (AvgIpc) is 2.36. The topological polar surface area (TPSA) is 33.5 Å². The lowest BCUT2D eigenvalue weighted by Gasteiger charge is -2.06. The molecule has 0 aliphatic carbocycles. The Labute approximate surface area is 59.2 Å². The summed E-state index contributed by atoms with van der Waals surface area (Å²) in [5.74, 6) is -0.0891. The van der Waals surface area contributed by atoms with E-state index in [4.69, 9.17) is 0 Å². The van der Waals surface area contributed by atoms with E-state index in [1.54, 1.807) is 20.2 Å². The smallest absolute Gasteiger partial charge is 0.257 e. The first kappa shape index (κ1) is 6.86. The van der Waals surface area contributed by atoms with Crippen molar-refractivity contribution in [1.29, 1.82) is 0 Å². The molecule has 1 aromatic rings. The van der Waals surface area contributed by atoms with Gasteiger partial charge in [-0.1, -0.05) is 0 Å². The molecule has 1 rings (SSSR count). The average molecular weight is 138 g/mol.